The van der Waals surface area contributed by atoms with Crippen molar-refractivity contribution in [2.24, 2.45) is 4.99 Å². The van der Waals surface area contributed by atoms with Gasteiger partial charge in [0.2, 0.25) is 0 Å². The predicted molar refractivity (Wildman–Crippen MR) is 219 cm³/mol. The molecular weight excluding hydrogens is 665 g/mol. The summed E-state index contributed by atoms with van der Waals surface area (Å²) in [6, 6.07) is 37.5. The van der Waals surface area contributed by atoms with Crippen LogP contribution in [0.15, 0.2) is 161 Å². The predicted octanol–water partition coefficient (Wildman–Crippen LogP) is 9.92. The van der Waals surface area contributed by atoms with E-state index in [0.717, 1.165) is 80.4 Å². The molecule has 54 heavy (non-hydrogen) atoms. The molecule has 4 aromatic carbocycles. The van der Waals surface area contributed by atoms with E-state index in [2.05, 4.69) is 146 Å². The molecule has 1 unspecified atom stereocenters. The van der Waals surface area contributed by atoms with Crippen LogP contribution >= 0.6 is 0 Å². The number of benzene rings is 4. The average molecular weight is 705 g/mol. The second-order valence-electron chi connectivity index (χ2n) is 14.5. The zero-order valence-electron chi connectivity index (χ0n) is 30.5. The number of nitrogens with zero attached hydrogens (tertiary/aromatic N) is 1. The van der Waals surface area contributed by atoms with Crippen molar-refractivity contribution >= 4 is 34.0 Å². The molecule has 5 heterocycles. The molecular formula is C48H40N4O2. The maximum Gasteiger partial charge on any atom is 0.335 e. The van der Waals surface area contributed by atoms with Crippen molar-refractivity contribution in [2.45, 2.75) is 39.7 Å². The number of H-pyrrole nitrogens is 1. The van der Waals surface area contributed by atoms with Gasteiger partial charge in [-0.1, -0.05) is 108 Å². The summed E-state index contributed by atoms with van der Waals surface area (Å²) < 4.78 is 0. The fraction of sp³-hybridized carbons (Fsp3) is 0.125. The Morgan fingerprint density at radius 2 is 1.15 bits per heavy atom. The quantitative estimate of drug-likeness (QED) is 0.147. The molecule has 0 spiro atoms. The van der Waals surface area contributed by atoms with Crippen LogP contribution < -0.4 is 10.6 Å². The number of carbonyl (C=O) groups is 1. The largest absolute Gasteiger partial charge is 0.478 e. The number of aryl methyl sites for hydroxylation is 3. The van der Waals surface area contributed by atoms with Gasteiger partial charge < -0.3 is 20.7 Å². The number of carboxylic acid groups (broad SMARTS) is 1. The highest BCUT2D eigenvalue weighted by Gasteiger charge is 2.30. The highest BCUT2D eigenvalue weighted by molar-refractivity contribution is 6.31. The van der Waals surface area contributed by atoms with Crippen LogP contribution in [-0.2, 0) is 0 Å². The van der Waals surface area contributed by atoms with Gasteiger partial charge in [-0.05, 0) is 98.4 Å². The fourth-order valence-electron chi connectivity index (χ4n) is 7.92. The molecule has 6 nitrogen and oxygen atoms in total. The van der Waals surface area contributed by atoms with Gasteiger partial charge in [0.1, 0.15) is 0 Å². The minimum Gasteiger partial charge on any atom is -0.478 e. The van der Waals surface area contributed by atoms with Crippen LogP contribution in [0.4, 0.5) is 0 Å². The monoisotopic (exact) mass is 704 g/mol. The third kappa shape index (κ3) is 6.05. The second kappa shape index (κ2) is 13.4. The lowest BCUT2D eigenvalue weighted by molar-refractivity contribution is 0.0697. The minimum atomic E-state index is -0.956. The van der Waals surface area contributed by atoms with Gasteiger partial charge in [-0.3, -0.25) is 0 Å². The van der Waals surface area contributed by atoms with Crippen LogP contribution in [-0.4, -0.2) is 27.8 Å². The summed E-state index contributed by atoms with van der Waals surface area (Å²) in [7, 11) is 0. The zero-order chi connectivity index (χ0) is 36.9. The van der Waals surface area contributed by atoms with Crippen molar-refractivity contribution in [1.29, 1.82) is 0 Å². The fourth-order valence-corrected chi connectivity index (χ4v) is 7.92. The minimum absolute atomic E-state index is 0.0614. The summed E-state index contributed by atoms with van der Waals surface area (Å²) in [6.45, 7) is 6.35. The molecule has 5 aromatic rings. The molecule has 1 aromatic heterocycles. The van der Waals surface area contributed by atoms with E-state index in [0.29, 0.717) is 0 Å². The molecule has 4 aliphatic rings. The normalized spacial score (nSPS) is 23.0. The van der Waals surface area contributed by atoms with Crippen molar-refractivity contribution in [3.63, 3.8) is 0 Å². The van der Waals surface area contributed by atoms with E-state index in [1.165, 1.54) is 33.5 Å². The van der Waals surface area contributed by atoms with Crippen molar-refractivity contribution in [1.82, 2.24) is 15.6 Å². The molecule has 0 aliphatic carbocycles. The van der Waals surface area contributed by atoms with Gasteiger partial charge in [0.05, 0.1) is 23.0 Å². The first-order chi connectivity index (χ1) is 26.3. The van der Waals surface area contributed by atoms with Crippen LogP contribution in [0.1, 0.15) is 73.5 Å². The molecule has 0 amide bonds. The Balaban J connectivity index is 1.32. The molecule has 264 valence electrons. The Bertz CT molecular complexity index is 2550. The molecule has 1 fully saturated rings. The number of aromatic carboxylic acids is 1. The summed E-state index contributed by atoms with van der Waals surface area (Å²) in [4.78, 5) is 21.0. The van der Waals surface area contributed by atoms with Crippen molar-refractivity contribution in [2.75, 3.05) is 0 Å². The number of allylic oxidation sites excluding steroid dienone is 6. The first-order valence-electron chi connectivity index (χ1n) is 18.5. The van der Waals surface area contributed by atoms with Gasteiger partial charge >= 0.3 is 5.97 Å². The Hall–Kier alpha value is -6.66. The molecule has 1 saturated heterocycles. The van der Waals surface area contributed by atoms with Crippen molar-refractivity contribution < 1.29 is 9.90 Å². The van der Waals surface area contributed by atoms with Gasteiger partial charge in [-0.2, -0.15) is 0 Å². The Morgan fingerprint density at radius 3 is 1.78 bits per heavy atom. The van der Waals surface area contributed by atoms with Gasteiger partial charge in [0.15, 0.2) is 0 Å². The number of rotatable bonds is 5. The topological polar surface area (TPSA) is 89.5 Å². The summed E-state index contributed by atoms with van der Waals surface area (Å²) >= 11 is 0. The molecule has 9 rings (SSSR count). The van der Waals surface area contributed by atoms with Crippen LogP contribution in [0.25, 0.3) is 22.3 Å². The number of fused-ring (bicyclic) bond motifs is 7. The number of aromatic nitrogens is 1. The van der Waals surface area contributed by atoms with Crippen LogP contribution in [0.3, 0.4) is 0 Å². The molecule has 4 N–H and O–H groups in total. The van der Waals surface area contributed by atoms with Gasteiger partial charge in [-0.25, -0.2) is 9.79 Å². The lowest BCUT2D eigenvalue weighted by Crippen LogP contribution is -2.26. The number of hydrogen-bond acceptors (Lipinski definition) is 4. The van der Waals surface area contributed by atoms with E-state index in [1.54, 1.807) is 12.1 Å². The molecule has 6 heteroatoms. The SMILES string of the molecule is Cc1ccc(/C2=C3\CC/C(=C(\c4ccc(C)cc4)C4C=C/C(=C(\c5ccc(C)cc5)c5ccc([nH]5)/C(c5ccc(C(=O)O)cc5)=C5/C=CC2=N5)N4)N3)cc1. The van der Waals surface area contributed by atoms with E-state index < -0.39 is 5.97 Å². The Kier molecular flexibility index (Phi) is 8.23. The van der Waals surface area contributed by atoms with E-state index in [4.69, 9.17) is 4.99 Å². The molecule has 0 radical (unpaired) electrons. The summed E-state index contributed by atoms with van der Waals surface area (Å²) in [5.41, 5.74) is 19.3. The van der Waals surface area contributed by atoms with Gasteiger partial charge in [-0.15, -0.1) is 0 Å². The van der Waals surface area contributed by atoms with Crippen LogP contribution in [0.5, 0.6) is 0 Å². The second-order valence-corrected chi connectivity index (χ2v) is 14.5. The highest BCUT2D eigenvalue weighted by atomic mass is 16.4. The summed E-state index contributed by atoms with van der Waals surface area (Å²) in [6.07, 6.45) is 10.4. The number of nitrogens with one attached hydrogen (secondary N) is 3. The number of carboxylic acids is 1. The maximum atomic E-state index is 11.8. The van der Waals surface area contributed by atoms with E-state index in [1.807, 2.05) is 12.1 Å². The lowest BCUT2D eigenvalue weighted by Gasteiger charge is -2.22. The lowest BCUT2D eigenvalue weighted by atomic mass is 9.95. The molecule has 1 atom stereocenters. The zero-order valence-corrected chi connectivity index (χ0v) is 30.5. The summed E-state index contributed by atoms with van der Waals surface area (Å²) in [5, 5.41) is 17.6. The van der Waals surface area contributed by atoms with E-state index >= 15 is 0 Å². The highest BCUT2D eigenvalue weighted by Crippen LogP contribution is 2.40. The van der Waals surface area contributed by atoms with E-state index in [-0.39, 0.29) is 11.6 Å². The first-order valence-corrected chi connectivity index (χ1v) is 18.5. The summed E-state index contributed by atoms with van der Waals surface area (Å²) in [5.74, 6) is -0.956. The van der Waals surface area contributed by atoms with Crippen molar-refractivity contribution in [3.8, 4) is 0 Å². The number of hydrogen-bond donors (Lipinski definition) is 4. The van der Waals surface area contributed by atoms with Crippen LogP contribution in [0, 0.1) is 20.8 Å². The standard InChI is InChI=1S/C48H40N4O2/c1-28-4-10-31(11-5-28)44-36-20-22-38(49-36)45(32-12-6-29(2)7-13-32)40-24-26-42(51-40)47(34-16-18-35(19-17-34)48(53)54)43-27-25-41(52-43)46(39-23-21-37(44)50-39)33-14-8-30(3)9-15-33/h4-20,22,24-27,36,49-51H,21,23H2,1-3H3,(H,53,54)/b44-37-,45-38-,46-39-,47-43-. The van der Waals surface area contributed by atoms with Gasteiger partial charge in [0, 0.05) is 50.8 Å². The number of aliphatic imine (C=N–C) groups is 1. The maximum absolute atomic E-state index is 11.8. The molecule has 4 aliphatic heterocycles. The van der Waals surface area contributed by atoms with Gasteiger partial charge in [0.25, 0.3) is 0 Å². The molecule has 8 bridgehead atoms. The Morgan fingerprint density at radius 1 is 0.611 bits per heavy atom. The first kappa shape index (κ1) is 33.2. The third-order valence-electron chi connectivity index (χ3n) is 10.7. The molecule has 0 saturated carbocycles. The Labute approximate surface area is 315 Å². The van der Waals surface area contributed by atoms with E-state index in [9.17, 15) is 9.90 Å². The average Bonchev–Trinajstić information content (AvgIpc) is 4.02. The van der Waals surface area contributed by atoms with Crippen molar-refractivity contribution in [3.05, 3.63) is 212 Å². The number of aromatic amines is 1. The smallest absolute Gasteiger partial charge is 0.335 e. The van der Waals surface area contributed by atoms with Crippen LogP contribution in [0.2, 0.25) is 0 Å². The third-order valence-corrected chi connectivity index (χ3v) is 10.7.